The number of ether oxygens (including phenoxy) is 6. The van der Waals surface area contributed by atoms with Crippen LogP contribution in [0.15, 0.2) is 67.0 Å². The number of aliphatic hydroxyl groups is 5. The molecule has 21 nitrogen and oxygen atoms in total. The lowest BCUT2D eigenvalue weighted by Crippen LogP contribution is -2.64. The smallest absolute Gasteiger partial charge is 0.338 e. The largest absolute Gasteiger partial charge is 0.479 e. The van der Waals surface area contributed by atoms with E-state index in [-0.39, 0.29) is 36.7 Å². The molecule has 15 atom stereocenters. The third-order valence-electron chi connectivity index (χ3n) is 14.9. The molecule has 4 aliphatic rings. The number of nitrogens with two attached hydrogens (primary N) is 1. The summed E-state index contributed by atoms with van der Waals surface area (Å²) >= 11 is 0. The number of amides is 1. The number of aryl methyl sites for hydroxylation is 3. The quantitative estimate of drug-likeness (QED) is 0.0338. The molecule has 400 valence electrons. The van der Waals surface area contributed by atoms with Gasteiger partial charge in [0, 0.05) is 54.5 Å². The lowest BCUT2D eigenvalue weighted by atomic mass is 9.77. The lowest BCUT2D eigenvalue weighted by Gasteiger charge is -2.48. The highest BCUT2D eigenvalue weighted by molar-refractivity contribution is 5.89. The molecule has 6 unspecified atom stereocenters. The van der Waals surface area contributed by atoms with Crippen LogP contribution in [0.5, 0.6) is 0 Å². The summed E-state index contributed by atoms with van der Waals surface area (Å²) in [6.07, 6.45) is -7.73. The number of esters is 1. The number of nitrogens with zero attached hydrogens (tertiary/aromatic N) is 4. The van der Waals surface area contributed by atoms with Crippen LogP contribution in [0.25, 0.3) is 10.9 Å². The van der Waals surface area contributed by atoms with Crippen molar-refractivity contribution in [1.29, 1.82) is 0 Å². The van der Waals surface area contributed by atoms with Crippen molar-refractivity contribution in [3.63, 3.8) is 0 Å². The zero-order valence-electron chi connectivity index (χ0n) is 41.4. The Morgan fingerprint density at radius 1 is 0.863 bits per heavy atom. The van der Waals surface area contributed by atoms with Crippen LogP contribution in [0.1, 0.15) is 94.1 Å². The lowest BCUT2D eigenvalue weighted by molar-refractivity contribution is -0.349. The molecule has 4 fully saturated rings. The number of nitrogen functional groups attached to an aromatic ring is 1. The standard InChI is InChI=1S/C52H72N6O15/c1-29-23-34(48(64)54-19-9-15-36-27-58(56-55-36)21-10-20-57-22-18-33-25-35(53)16-17-37(33)57)26-38(45(29)73-51-44(63)43(62)41(60)30(2)68-51)70-52-47(72-50(67)32-13-7-4-8-14-32)46(42(61)40(28-59)71-52)69-39(49(65)66)24-31-11-5-3-6-12-31/h4,7-8,13-14,16-18,22,25,27,29-31,34,38-47,51-52,59-63H,3,5-6,9-12,15,19-21,23-24,26,28,53H2,1-2H3,(H,54,64)(H,65,66)/t29-,30?,34?,38-,39+,40+,41-,42+,43?,44+,45?,46?,47?,51+,52-/m1/s1. The highest BCUT2D eigenvalue weighted by Crippen LogP contribution is 2.39. The number of hydrogen-bond acceptors (Lipinski definition) is 17. The van der Waals surface area contributed by atoms with Crippen LogP contribution in [0, 0.1) is 17.8 Å². The van der Waals surface area contributed by atoms with Gasteiger partial charge in [-0.05, 0) is 93.7 Å². The molecule has 2 aliphatic heterocycles. The Morgan fingerprint density at radius 2 is 1.64 bits per heavy atom. The van der Waals surface area contributed by atoms with Crippen LogP contribution in [-0.2, 0) is 57.5 Å². The number of aliphatic hydroxyl groups excluding tert-OH is 5. The molecule has 21 heteroatoms. The van der Waals surface area contributed by atoms with Crippen molar-refractivity contribution in [1.82, 2.24) is 24.9 Å². The van der Waals surface area contributed by atoms with Crippen LogP contribution in [0.3, 0.4) is 0 Å². The van der Waals surface area contributed by atoms with Crippen molar-refractivity contribution >= 4 is 34.4 Å². The molecule has 0 spiro atoms. The number of carboxylic acids is 1. The van der Waals surface area contributed by atoms with Crippen molar-refractivity contribution < 1.29 is 73.4 Å². The van der Waals surface area contributed by atoms with E-state index >= 15 is 0 Å². The molecular weight excluding hydrogens is 949 g/mol. The van der Waals surface area contributed by atoms with Crippen LogP contribution < -0.4 is 11.1 Å². The van der Waals surface area contributed by atoms with Gasteiger partial charge in [-0.25, -0.2) is 9.59 Å². The summed E-state index contributed by atoms with van der Waals surface area (Å²) in [6, 6.07) is 15.9. The van der Waals surface area contributed by atoms with E-state index in [0.717, 1.165) is 67.4 Å². The van der Waals surface area contributed by atoms with Gasteiger partial charge in [0.2, 0.25) is 5.91 Å². The molecule has 0 radical (unpaired) electrons. The predicted molar refractivity (Wildman–Crippen MR) is 261 cm³/mol. The molecule has 1 amide bonds. The van der Waals surface area contributed by atoms with Gasteiger partial charge in [0.05, 0.1) is 36.2 Å². The minimum absolute atomic E-state index is 0.0118. The van der Waals surface area contributed by atoms with E-state index in [1.54, 1.807) is 18.2 Å². The first-order chi connectivity index (χ1) is 35.2. The maximum absolute atomic E-state index is 14.1. The van der Waals surface area contributed by atoms with E-state index in [0.29, 0.717) is 25.9 Å². The molecule has 9 N–H and O–H groups in total. The first-order valence-corrected chi connectivity index (χ1v) is 25.8. The van der Waals surface area contributed by atoms with Crippen LogP contribution in [0.4, 0.5) is 5.69 Å². The monoisotopic (exact) mass is 1020 g/mol. The molecule has 2 aliphatic carbocycles. The molecule has 73 heavy (non-hydrogen) atoms. The number of aliphatic carboxylic acids is 1. The summed E-state index contributed by atoms with van der Waals surface area (Å²) < 4.78 is 41.5. The average molecular weight is 1020 g/mol. The highest BCUT2D eigenvalue weighted by Gasteiger charge is 2.54. The van der Waals surface area contributed by atoms with Gasteiger partial charge >= 0.3 is 11.9 Å². The van der Waals surface area contributed by atoms with E-state index in [1.807, 2.05) is 48.3 Å². The Labute approximate surface area is 423 Å². The molecular formula is C52H72N6O15. The number of fused-ring (bicyclic) bond motifs is 1. The van der Waals surface area contributed by atoms with Crippen LogP contribution in [0.2, 0.25) is 0 Å². The van der Waals surface area contributed by atoms with Gasteiger partial charge in [-0.3, -0.25) is 9.48 Å². The molecule has 2 saturated carbocycles. The average Bonchev–Trinajstić information content (AvgIpc) is 4.02. The number of benzene rings is 2. The summed E-state index contributed by atoms with van der Waals surface area (Å²) in [5, 5.41) is 77.7. The van der Waals surface area contributed by atoms with Gasteiger partial charge in [-0.1, -0.05) is 62.4 Å². The number of hydrogen-bond donors (Lipinski definition) is 8. The number of carboxylic acid groups (broad SMARTS) is 1. The molecule has 2 saturated heterocycles. The Morgan fingerprint density at radius 3 is 2.40 bits per heavy atom. The van der Waals surface area contributed by atoms with Gasteiger partial charge in [0.1, 0.15) is 36.6 Å². The maximum atomic E-state index is 14.1. The second-order valence-corrected chi connectivity index (χ2v) is 20.3. The normalized spacial score (nSPS) is 31.5. The minimum Gasteiger partial charge on any atom is -0.479 e. The van der Waals surface area contributed by atoms with Gasteiger partial charge < -0.3 is 74.7 Å². The number of aromatic nitrogens is 4. The second-order valence-electron chi connectivity index (χ2n) is 20.3. The maximum Gasteiger partial charge on any atom is 0.338 e. The Kier molecular flexibility index (Phi) is 18.5. The van der Waals surface area contributed by atoms with Crippen LogP contribution >= 0.6 is 0 Å². The van der Waals surface area contributed by atoms with Gasteiger partial charge in [0.15, 0.2) is 24.8 Å². The van der Waals surface area contributed by atoms with E-state index in [4.69, 9.17) is 34.2 Å². The zero-order valence-corrected chi connectivity index (χ0v) is 41.4. The van der Waals surface area contributed by atoms with Crippen molar-refractivity contribution in [2.75, 3.05) is 18.9 Å². The number of anilines is 1. The second kappa shape index (κ2) is 25.0. The van der Waals surface area contributed by atoms with Crippen molar-refractivity contribution in [3.05, 3.63) is 78.2 Å². The van der Waals surface area contributed by atoms with E-state index in [2.05, 4.69) is 20.2 Å². The first-order valence-electron chi connectivity index (χ1n) is 25.8. The molecule has 0 bridgehead atoms. The van der Waals surface area contributed by atoms with E-state index in [1.165, 1.54) is 19.1 Å². The summed E-state index contributed by atoms with van der Waals surface area (Å²) in [6.45, 7) is 4.35. The zero-order chi connectivity index (χ0) is 51.8. The fraction of sp³-hybridized carbons (Fsp3) is 0.635. The summed E-state index contributed by atoms with van der Waals surface area (Å²) in [5.74, 6) is -3.55. The van der Waals surface area contributed by atoms with Gasteiger partial charge in [-0.15, -0.1) is 5.10 Å². The minimum atomic E-state index is -1.69. The van der Waals surface area contributed by atoms with Gasteiger partial charge in [0.25, 0.3) is 0 Å². The van der Waals surface area contributed by atoms with Crippen molar-refractivity contribution in [3.8, 4) is 0 Å². The fourth-order valence-electron chi connectivity index (χ4n) is 10.8. The first kappa shape index (κ1) is 54.2. The van der Waals surface area contributed by atoms with E-state index < -0.39 is 110 Å². The molecule has 4 heterocycles. The fourth-order valence-corrected chi connectivity index (χ4v) is 10.8. The van der Waals surface area contributed by atoms with E-state index in [9.17, 15) is 45.0 Å². The third kappa shape index (κ3) is 13.4. The molecule has 2 aromatic carbocycles. The number of rotatable bonds is 21. The third-order valence-corrected chi connectivity index (χ3v) is 14.9. The predicted octanol–water partition coefficient (Wildman–Crippen LogP) is 2.71. The Bertz CT molecular complexity index is 2420. The van der Waals surface area contributed by atoms with Crippen LogP contribution in [-0.4, -0.2) is 161 Å². The molecule has 2 aromatic heterocycles. The Hall–Kier alpha value is -5.07. The van der Waals surface area contributed by atoms with Gasteiger partial charge in [-0.2, -0.15) is 0 Å². The number of nitrogens with one attached hydrogen (secondary N) is 1. The molecule has 4 aromatic rings. The van der Waals surface area contributed by atoms with Crippen molar-refractivity contribution in [2.45, 2.75) is 177 Å². The SMILES string of the molecule is CC1O[C@@H](OC2[C@H](C)CC(C(=O)NCCCc3cn(CCCn4ccc5cc(N)ccc54)nn3)C[C@H]2O[C@@H]2O[C@@H](CO)[C@H](O)C(O[C@@H](CC3CCCCC3)C(=O)O)C2OC(=O)c2ccccc2)[C@@H](O)C(O)[C@@H]1O. The van der Waals surface area contributed by atoms with Crippen molar-refractivity contribution in [2.24, 2.45) is 17.8 Å². The summed E-state index contributed by atoms with van der Waals surface area (Å²) in [7, 11) is 0. The topological polar surface area (TPSA) is 302 Å². The summed E-state index contributed by atoms with van der Waals surface area (Å²) in [4.78, 5) is 40.8. The summed E-state index contributed by atoms with van der Waals surface area (Å²) in [5.41, 5.74) is 8.69. The molecule has 8 rings (SSSR count). The highest BCUT2D eigenvalue weighted by atomic mass is 16.7. The number of carbonyl (C=O) groups is 3. The Balaban J connectivity index is 0.969. The number of carbonyl (C=O) groups excluding carboxylic acids is 2.